The van der Waals surface area contributed by atoms with E-state index in [9.17, 15) is 9.90 Å². The van der Waals surface area contributed by atoms with Gasteiger partial charge in [-0.05, 0) is 32.1 Å². The van der Waals surface area contributed by atoms with Crippen molar-refractivity contribution in [2.45, 2.75) is 62.5 Å². The molecule has 0 aromatic heterocycles. The summed E-state index contributed by atoms with van der Waals surface area (Å²) in [5.74, 6) is 0.0301. The highest BCUT2D eigenvalue weighted by atomic mass is 16.5. The maximum absolute atomic E-state index is 12.0. The molecule has 0 radical (unpaired) electrons. The molecule has 0 aliphatic heterocycles. The van der Waals surface area contributed by atoms with Crippen LogP contribution in [0.15, 0.2) is 0 Å². The van der Waals surface area contributed by atoms with Crippen molar-refractivity contribution >= 4 is 5.91 Å². The van der Waals surface area contributed by atoms with E-state index in [-0.39, 0.29) is 23.7 Å². The fourth-order valence-electron chi connectivity index (χ4n) is 3.03. The molecule has 0 atom stereocenters. The highest BCUT2D eigenvalue weighted by Gasteiger charge is 2.41. The fraction of sp³-hybridized carbons (Fsp3) is 0.923. The van der Waals surface area contributed by atoms with E-state index in [1.807, 2.05) is 0 Å². The third kappa shape index (κ3) is 2.63. The lowest BCUT2D eigenvalue weighted by atomic mass is 9.77. The Bertz CT molecular complexity index is 275. The van der Waals surface area contributed by atoms with Gasteiger partial charge in [0.1, 0.15) is 0 Å². The van der Waals surface area contributed by atoms with Crippen LogP contribution in [-0.2, 0) is 9.53 Å². The number of amides is 1. The molecule has 0 heterocycles. The van der Waals surface area contributed by atoms with Crippen molar-refractivity contribution in [2.24, 2.45) is 0 Å². The van der Waals surface area contributed by atoms with E-state index in [2.05, 4.69) is 5.32 Å². The zero-order chi connectivity index (χ0) is 12.4. The molecule has 2 saturated carbocycles. The van der Waals surface area contributed by atoms with Crippen LogP contribution in [0.2, 0.25) is 0 Å². The van der Waals surface area contributed by atoms with Crippen LogP contribution in [0.1, 0.15) is 51.4 Å². The zero-order valence-electron chi connectivity index (χ0n) is 10.6. The fourth-order valence-corrected chi connectivity index (χ4v) is 3.03. The lowest BCUT2D eigenvalue weighted by molar-refractivity contribution is -0.136. The summed E-state index contributed by atoms with van der Waals surface area (Å²) < 4.78 is 5.45. The molecular formula is C13H23NO3. The Hall–Kier alpha value is -0.610. The molecule has 4 nitrogen and oxygen atoms in total. The van der Waals surface area contributed by atoms with Gasteiger partial charge < -0.3 is 15.2 Å². The van der Waals surface area contributed by atoms with Gasteiger partial charge in [0, 0.05) is 7.11 Å². The van der Waals surface area contributed by atoms with Crippen LogP contribution in [-0.4, -0.2) is 35.9 Å². The standard InChI is InChI=1S/C13H23NO3/c1-17-13(7-4-8-13)9-11(16)14-12(10-15)5-2-3-6-12/h15H,2-10H2,1H3,(H,14,16). The monoisotopic (exact) mass is 241 g/mol. The average molecular weight is 241 g/mol. The van der Waals surface area contributed by atoms with E-state index in [0.717, 1.165) is 44.9 Å². The molecule has 0 unspecified atom stereocenters. The van der Waals surface area contributed by atoms with Crippen LogP contribution in [0.25, 0.3) is 0 Å². The molecule has 0 bridgehead atoms. The average Bonchev–Trinajstić information content (AvgIpc) is 2.73. The third-order valence-corrected chi connectivity index (χ3v) is 4.45. The molecule has 2 aliphatic carbocycles. The minimum atomic E-state index is -0.351. The molecule has 0 aromatic rings. The molecule has 2 aliphatic rings. The van der Waals surface area contributed by atoms with Crippen molar-refractivity contribution in [2.75, 3.05) is 13.7 Å². The Kier molecular flexibility index (Phi) is 3.73. The van der Waals surface area contributed by atoms with Gasteiger partial charge in [0.15, 0.2) is 0 Å². The molecule has 17 heavy (non-hydrogen) atoms. The summed E-state index contributed by atoms with van der Waals surface area (Å²) in [5, 5.41) is 12.5. The van der Waals surface area contributed by atoms with E-state index in [0.29, 0.717) is 6.42 Å². The summed E-state index contributed by atoms with van der Waals surface area (Å²) in [6, 6.07) is 0. The molecule has 2 N–H and O–H groups in total. The molecule has 2 rings (SSSR count). The Labute approximate surface area is 103 Å². The molecule has 1 amide bonds. The lowest BCUT2D eigenvalue weighted by Crippen LogP contribution is -2.52. The van der Waals surface area contributed by atoms with Crippen molar-refractivity contribution < 1.29 is 14.6 Å². The molecule has 0 spiro atoms. The first-order chi connectivity index (χ1) is 8.14. The van der Waals surface area contributed by atoms with Gasteiger partial charge in [-0.3, -0.25) is 4.79 Å². The minimum absolute atomic E-state index is 0.0301. The molecule has 2 fully saturated rings. The van der Waals surface area contributed by atoms with Crippen LogP contribution in [0.4, 0.5) is 0 Å². The van der Waals surface area contributed by atoms with E-state index < -0.39 is 0 Å². The number of methoxy groups -OCH3 is 1. The van der Waals surface area contributed by atoms with Crippen molar-refractivity contribution in [3.8, 4) is 0 Å². The normalized spacial score (nSPS) is 25.3. The highest BCUT2D eigenvalue weighted by molar-refractivity contribution is 5.78. The summed E-state index contributed by atoms with van der Waals surface area (Å²) in [4.78, 5) is 12.0. The van der Waals surface area contributed by atoms with Gasteiger partial charge in [-0.1, -0.05) is 12.8 Å². The molecule has 4 heteroatoms. The van der Waals surface area contributed by atoms with Gasteiger partial charge in [0.2, 0.25) is 5.91 Å². The predicted octanol–water partition coefficient (Wildman–Crippen LogP) is 1.37. The summed E-state index contributed by atoms with van der Waals surface area (Å²) in [5.41, 5.74) is -0.574. The topological polar surface area (TPSA) is 58.6 Å². The number of aliphatic hydroxyl groups excluding tert-OH is 1. The molecule has 0 saturated heterocycles. The van der Waals surface area contributed by atoms with Gasteiger partial charge in [-0.2, -0.15) is 0 Å². The first kappa shape index (κ1) is 12.8. The Morgan fingerprint density at radius 2 is 1.88 bits per heavy atom. The largest absolute Gasteiger partial charge is 0.394 e. The Balaban J connectivity index is 1.88. The summed E-state index contributed by atoms with van der Waals surface area (Å²) in [6.07, 6.45) is 7.51. The number of rotatable bonds is 5. The first-order valence-electron chi connectivity index (χ1n) is 6.61. The maximum atomic E-state index is 12.0. The van der Waals surface area contributed by atoms with Crippen molar-refractivity contribution in [3.05, 3.63) is 0 Å². The second-order valence-corrected chi connectivity index (χ2v) is 5.61. The van der Waals surface area contributed by atoms with Gasteiger partial charge in [0.25, 0.3) is 0 Å². The van der Waals surface area contributed by atoms with Crippen molar-refractivity contribution in [1.82, 2.24) is 5.32 Å². The zero-order valence-corrected chi connectivity index (χ0v) is 10.6. The van der Waals surface area contributed by atoms with Crippen LogP contribution in [0.5, 0.6) is 0 Å². The third-order valence-electron chi connectivity index (χ3n) is 4.45. The lowest BCUT2D eigenvalue weighted by Gasteiger charge is -2.41. The summed E-state index contributed by atoms with van der Waals surface area (Å²) >= 11 is 0. The van der Waals surface area contributed by atoms with Gasteiger partial charge in [-0.25, -0.2) is 0 Å². The predicted molar refractivity (Wildman–Crippen MR) is 64.6 cm³/mol. The van der Waals surface area contributed by atoms with E-state index in [4.69, 9.17) is 4.74 Å². The van der Waals surface area contributed by atoms with Crippen molar-refractivity contribution in [3.63, 3.8) is 0 Å². The van der Waals surface area contributed by atoms with Crippen LogP contribution in [0, 0.1) is 0 Å². The highest BCUT2D eigenvalue weighted by Crippen LogP contribution is 2.38. The second kappa shape index (κ2) is 4.94. The molecular weight excluding hydrogens is 218 g/mol. The molecule has 0 aromatic carbocycles. The number of hydrogen-bond acceptors (Lipinski definition) is 3. The van der Waals surface area contributed by atoms with E-state index in [1.165, 1.54) is 0 Å². The molecule has 98 valence electrons. The van der Waals surface area contributed by atoms with E-state index in [1.54, 1.807) is 7.11 Å². The number of hydrogen-bond donors (Lipinski definition) is 2. The van der Waals surface area contributed by atoms with Crippen LogP contribution >= 0.6 is 0 Å². The summed E-state index contributed by atoms with van der Waals surface area (Å²) in [6.45, 7) is 0.0543. The maximum Gasteiger partial charge on any atom is 0.223 e. The van der Waals surface area contributed by atoms with Crippen molar-refractivity contribution in [1.29, 1.82) is 0 Å². The van der Waals surface area contributed by atoms with Crippen LogP contribution in [0.3, 0.4) is 0 Å². The van der Waals surface area contributed by atoms with Gasteiger partial charge in [-0.15, -0.1) is 0 Å². The van der Waals surface area contributed by atoms with Crippen LogP contribution < -0.4 is 5.32 Å². The van der Waals surface area contributed by atoms with Gasteiger partial charge >= 0.3 is 0 Å². The second-order valence-electron chi connectivity index (χ2n) is 5.61. The van der Waals surface area contributed by atoms with E-state index >= 15 is 0 Å². The Morgan fingerprint density at radius 1 is 1.24 bits per heavy atom. The number of carbonyl (C=O) groups is 1. The first-order valence-corrected chi connectivity index (χ1v) is 6.61. The quantitative estimate of drug-likeness (QED) is 0.764. The number of carbonyl (C=O) groups excluding carboxylic acids is 1. The Morgan fingerprint density at radius 3 is 2.29 bits per heavy atom. The SMILES string of the molecule is COC1(CC(=O)NC2(CO)CCCC2)CCC1. The minimum Gasteiger partial charge on any atom is -0.394 e. The number of ether oxygens (including phenoxy) is 1. The number of nitrogens with one attached hydrogen (secondary N) is 1. The number of aliphatic hydroxyl groups is 1. The van der Waals surface area contributed by atoms with Gasteiger partial charge in [0.05, 0.1) is 24.2 Å². The summed E-state index contributed by atoms with van der Waals surface area (Å²) in [7, 11) is 1.68. The smallest absolute Gasteiger partial charge is 0.223 e.